The third-order valence-corrected chi connectivity index (χ3v) is 2.43. The lowest BCUT2D eigenvalue weighted by Gasteiger charge is -2.27. The number of anilines is 2. The fraction of sp³-hybridized carbons (Fsp3) is 0.300. The van der Waals surface area contributed by atoms with Crippen molar-refractivity contribution in [1.29, 1.82) is 0 Å². The Hall–Kier alpha value is -2.32. The molecule has 1 aromatic rings. The molecular weight excluding hydrogens is 265 g/mol. The fourth-order valence-electron chi connectivity index (χ4n) is 1.66. The number of pyridine rings is 1. The average molecular weight is 274 g/mol. The summed E-state index contributed by atoms with van der Waals surface area (Å²) in [6, 6.07) is 1.44. The van der Waals surface area contributed by atoms with E-state index in [4.69, 9.17) is 5.73 Å². The molecule has 19 heavy (non-hydrogen) atoms. The van der Waals surface area contributed by atoms with Gasteiger partial charge in [0.25, 0.3) is 0 Å². The van der Waals surface area contributed by atoms with Gasteiger partial charge in [0.15, 0.2) is 0 Å². The Balaban J connectivity index is 2.37. The van der Waals surface area contributed by atoms with Crippen LogP contribution in [0.25, 0.3) is 0 Å². The van der Waals surface area contributed by atoms with Crippen LogP contribution in [0.2, 0.25) is 0 Å². The van der Waals surface area contributed by atoms with Gasteiger partial charge in [0.1, 0.15) is 11.6 Å². The van der Waals surface area contributed by atoms with Crippen molar-refractivity contribution in [2.45, 2.75) is 6.18 Å². The number of nitrogens with two attached hydrogens (primary N) is 1. The molecule has 1 saturated heterocycles. The van der Waals surface area contributed by atoms with Crippen LogP contribution in [0.1, 0.15) is 5.56 Å². The Kier molecular flexibility index (Phi) is 3.05. The van der Waals surface area contributed by atoms with Crippen LogP contribution in [0.4, 0.5) is 24.8 Å². The van der Waals surface area contributed by atoms with E-state index in [-0.39, 0.29) is 24.7 Å². The maximum atomic E-state index is 12.6. The van der Waals surface area contributed by atoms with E-state index in [1.165, 1.54) is 0 Å². The largest absolute Gasteiger partial charge is 0.416 e. The monoisotopic (exact) mass is 274 g/mol. The Bertz CT molecular complexity index is 528. The van der Waals surface area contributed by atoms with Crippen molar-refractivity contribution in [3.8, 4) is 0 Å². The molecule has 0 saturated carbocycles. The Morgan fingerprint density at radius 3 is 2.32 bits per heavy atom. The quantitative estimate of drug-likeness (QED) is 0.711. The zero-order valence-electron chi connectivity index (χ0n) is 9.49. The van der Waals surface area contributed by atoms with E-state index in [0.29, 0.717) is 6.07 Å². The van der Waals surface area contributed by atoms with Gasteiger partial charge in [-0.2, -0.15) is 13.2 Å². The van der Waals surface area contributed by atoms with Gasteiger partial charge in [-0.15, -0.1) is 0 Å². The van der Waals surface area contributed by atoms with Gasteiger partial charge in [-0.3, -0.25) is 14.9 Å². The lowest BCUT2D eigenvalue weighted by molar-refractivity contribution is -0.137. The van der Waals surface area contributed by atoms with Crippen molar-refractivity contribution in [1.82, 2.24) is 10.3 Å². The summed E-state index contributed by atoms with van der Waals surface area (Å²) in [4.78, 5) is 27.2. The molecule has 6 nitrogen and oxygen atoms in total. The summed E-state index contributed by atoms with van der Waals surface area (Å²) >= 11 is 0. The van der Waals surface area contributed by atoms with Crippen molar-refractivity contribution < 1.29 is 22.8 Å². The first-order chi connectivity index (χ1) is 8.75. The minimum atomic E-state index is -4.58. The van der Waals surface area contributed by atoms with Gasteiger partial charge < -0.3 is 10.6 Å². The highest BCUT2D eigenvalue weighted by molar-refractivity contribution is 6.02. The maximum Gasteiger partial charge on any atom is 0.416 e. The molecule has 0 spiro atoms. The van der Waals surface area contributed by atoms with E-state index in [1.54, 1.807) is 0 Å². The Morgan fingerprint density at radius 2 is 1.79 bits per heavy atom. The minimum Gasteiger partial charge on any atom is -0.384 e. The lowest BCUT2D eigenvalue weighted by atomic mass is 10.2. The number of imide groups is 1. The summed E-state index contributed by atoms with van der Waals surface area (Å²) in [7, 11) is 0. The van der Waals surface area contributed by atoms with Gasteiger partial charge >= 0.3 is 6.18 Å². The molecule has 0 aliphatic carbocycles. The molecule has 0 bridgehead atoms. The van der Waals surface area contributed by atoms with E-state index in [2.05, 4.69) is 4.98 Å². The van der Waals surface area contributed by atoms with Crippen molar-refractivity contribution in [2.75, 3.05) is 23.7 Å². The van der Waals surface area contributed by atoms with Crippen molar-refractivity contribution in [3.63, 3.8) is 0 Å². The Morgan fingerprint density at radius 1 is 1.21 bits per heavy atom. The number of nitrogens with one attached hydrogen (secondary N) is 1. The molecule has 1 aliphatic rings. The SMILES string of the molecule is Nc1cc(C(F)(F)F)cc(N2CC(=O)NC(=O)C2)n1. The van der Waals surface area contributed by atoms with Gasteiger partial charge in [-0.1, -0.05) is 0 Å². The van der Waals surface area contributed by atoms with E-state index < -0.39 is 23.6 Å². The van der Waals surface area contributed by atoms with E-state index in [1.807, 2.05) is 5.32 Å². The molecule has 0 unspecified atom stereocenters. The van der Waals surface area contributed by atoms with Gasteiger partial charge in [0.05, 0.1) is 18.7 Å². The van der Waals surface area contributed by atoms with Gasteiger partial charge in [0.2, 0.25) is 11.8 Å². The minimum absolute atomic E-state index is 0.157. The average Bonchev–Trinajstić information content (AvgIpc) is 2.25. The highest BCUT2D eigenvalue weighted by Crippen LogP contribution is 2.32. The molecule has 0 aromatic carbocycles. The molecular formula is C10H9F3N4O2. The predicted octanol–water partition coefficient (Wildman–Crippen LogP) is 0.145. The number of hydrogen-bond donors (Lipinski definition) is 2. The highest BCUT2D eigenvalue weighted by Gasteiger charge is 2.33. The first-order valence-corrected chi connectivity index (χ1v) is 5.18. The van der Waals surface area contributed by atoms with Crippen LogP contribution in [-0.2, 0) is 15.8 Å². The zero-order valence-corrected chi connectivity index (χ0v) is 9.49. The first kappa shape index (κ1) is 13.1. The van der Waals surface area contributed by atoms with Crippen molar-refractivity contribution >= 4 is 23.5 Å². The topological polar surface area (TPSA) is 88.3 Å². The Labute approximate surface area is 105 Å². The van der Waals surface area contributed by atoms with Crippen LogP contribution >= 0.6 is 0 Å². The molecule has 3 N–H and O–H groups in total. The lowest BCUT2D eigenvalue weighted by Crippen LogP contribution is -2.51. The highest BCUT2D eigenvalue weighted by atomic mass is 19.4. The van der Waals surface area contributed by atoms with Crippen LogP contribution in [0.15, 0.2) is 12.1 Å². The number of nitrogen functional groups attached to an aromatic ring is 1. The number of nitrogens with zero attached hydrogens (tertiary/aromatic N) is 2. The molecule has 1 aromatic heterocycles. The zero-order chi connectivity index (χ0) is 14.2. The number of piperazine rings is 1. The van der Waals surface area contributed by atoms with E-state index in [0.717, 1.165) is 11.0 Å². The predicted molar refractivity (Wildman–Crippen MR) is 59.0 cm³/mol. The summed E-state index contributed by atoms with van der Waals surface area (Å²) in [5.74, 6) is -1.69. The third-order valence-electron chi connectivity index (χ3n) is 2.43. The number of alkyl halides is 3. The van der Waals surface area contributed by atoms with Gasteiger partial charge in [-0.25, -0.2) is 4.98 Å². The second-order valence-electron chi connectivity index (χ2n) is 3.96. The number of carbonyl (C=O) groups is 2. The molecule has 0 atom stereocenters. The molecule has 1 aliphatic heterocycles. The van der Waals surface area contributed by atoms with Gasteiger partial charge in [-0.05, 0) is 12.1 Å². The second kappa shape index (κ2) is 4.41. The number of aromatic nitrogens is 1. The van der Waals surface area contributed by atoms with E-state index in [9.17, 15) is 22.8 Å². The van der Waals surface area contributed by atoms with Crippen molar-refractivity contribution in [3.05, 3.63) is 17.7 Å². The molecule has 2 amide bonds. The van der Waals surface area contributed by atoms with Crippen LogP contribution in [0, 0.1) is 0 Å². The first-order valence-electron chi connectivity index (χ1n) is 5.18. The number of halogens is 3. The number of amides is 2. The number of carbonyl (C=O) groups excluding carboxylic acids is 2. The van der Waals surface area contributed by atoms with Crippen LogP contribution in [0.3, 0.4) is 0 Å². The molecule has 0 radical (unpaired) electrons. The standard InChI is InChI=1S/C10H9F3N4O2/c11-10(12,13)5-1-6(14)15-7(2-5)17-3-8(18)16-9(19)4-17/h1-2H,3-4H2,(H2,14,15)(H,16,18,19). The summed E-state index contributed by atoms with van der Waals surface area (Å²) in [6.45, 7) is -0.501. The molecule has 1 fully saturated rings. The molecule has 2 heterocycles. The van der Waals surface area contributed by atoms with Gasteiger partial charge in [0, 0.05) is 0 Å². The fourth-order valence-corrected chi connectivity index (χ4v) is 1.66. The summed E-state index contributed by atoms with van der Waals surface area (Å²) < 4.78 is 37.9. The molecule has 102 valence electrons. The number of hydrogen-bond acceptors (Lipinski definition) is 5. The van der Waals surface area contributed by atoms with Crippen LogP contribution < -0.4 is 16.0 Å². The van der Waals surface area contributed by atoms with E-state index >= 15 is 0 Å². The molecule has 9 heteroatoms. The summed E-state index contributed by atoms with van der Waals surface area (Å²) in [6.07, 6.45) is -4.58. The smallest absolute Gasteiger partial charge is 0.384 e. The summed E-state index contributed by atoms with van der Waals surface area (Å²) in [5, 5.41) is 2.04. The molecule has 2 rings (SSSR count). The second-order valence-corrected chi connectivity index (χ2v) is 3.96. The van der Waals surface area contributed by atoms with Crippen molar-refractivity contribution in [2.24, 2.45) is 0 Å². The van der Waals surface area contributed by atoms with Crippen LogP contribution in [0.5, 0.6) is 0 Å². The summed E-state index contributed by atoms with van der Waals surface area (Å²) in [5.41, 5.74) is 4.33. The van der Waals surface area contributed by atoms with Crippen LogP contribution in [-0.4, -0.2) is 29.9 Å². The maximum absolute atomic E-state index is 12.6. The third kappa shape index (κ3) is 2.92. The number of rotatable bonds is 1. The normalized spacial score (nSPS) is 16.5.